The molecule has 0 aliphatic rings. The fourth-order valence-electron chi connectivity index (χ4n) is 0. The van der Waals surface area contributed by atoms with E-state index in [0.717, 1.165) is 0 Å². The van der Waals surface area contributed by atoms with Crippen LogP contribution in [0.1, 0.15) is 0 Å². The van der Waals surface area contributed by atoms with Gasteiger partial charge in [0, 0.05) is 0 Å². The molecule has 0 spiro atoms. The standard InChI is InChI=1S/Li.H2O3S.H2O.H/c;1-4(2)3;;/h;(H2,1,2,3);1H2;. The summed E-state index contributed by atoms with van der Waals surface area (Å²) >= 11 is -2.61. The van der Waals surface area contributed by atoms with E-state index in [1.54, 1.807) is 0 Å². The summed E-state index contributed by atoms with van der Waals surface area (Å²) in [4.78, 5) is 0. The second kappa shape index (κ2) is 9.16. The molecule has 0 atom stereocenters. The first kappa shape index (κ1) is 16.0. The molecule has 0 aliphatic heterocycles. The van der Waals surface area contributed by atoms with Crippen LogP contribution >= 0.6 is 0 Å². The molecule has 0 amide bonds. The van der Waals surface area contributed by atoms with Gasteiger partial charge in [0.15, 0.2) is 0 Å². The van der Waals surface area contributed by atoms with Gasteiger partial charge in [-0.15, -0.1) is 0 Å². The molecule has 0 radical (unpaired) electrons. The second-order valence-electron chi connectivity index (χ2n) is 0.231. The molecule has 0 bridgehead atoms. The third-order valence-electron chi connectivity index (χ3n) is 0. The van der Waals surface area contributed by atoms with Gasteiger partial charge in [0.2, 0.25) is 0 Å². The van der Waals surface area contributed by atoms with Gasteiger partial charge in [-0.25, -0.2) is 0 Å². The van der Waals surface area contributed by atoms with Gasteiger partial charge in [0.05, 0.1) is 0 Å². The predicted molar refractivity (Wildman–Crippen MR) is 24.2 cm³/mol. The van der Waals surface area contributed by atoms with Crippen molar-refractivity contribution in [1.82, 2.24) is 0 Å². The second-order valence-corrected chi connectivity index (χ2v) is 0.692. The van der Waals surface area contributed by atoms with Crippen LogP contribution in [0.3, 0.4) is 0 Å². The van der Waals surface area contributed by atoms with Gasteiger partial charge in [0.25, 0.3) is 11.4 Å². The fourth-order valence-corrected chi connectivity index (χ4v) is 0. The molecule has 4 nitrogen and oxygen atoms in total. The zero-order chi connectivity index (χ0) is 3.58. The zero-order valence-corrected chi connectivity index (χ0v) is 3.03. The van der Waals surface area contributed by atoms with E-state index in [9.17, 15) is 0 Å². The van der Waals surface area contributed by atoms with E-state index in [-0.39, 0.29) is 24.3 Å². The average Bonchev–Trinajstić information content (AvgIpc) is 0.811. The summed E-state index contributed by atoms with van der Waals surface area (Å²) in [6, 6.07) is 0. The van der Waals surface area contributed by atoms with Crippen LogP contribution in [0.25, 0.3) is 0 Å². The number of rotatable bonds is 0. The molecule has 0 rings (SSSR count). The topological polar surface area (TPSA) is 89.0 Å². The van der Waals surface area contributed by atoms with Crippen molar-refractivity contribution >= 4 is 30.2 Å². The maximum atomic E-state index is 8.67. The van der Waals surface area contributed by atoms with Crippen LogP contribution in [-0.2, 0) is 11.4 Å². The summed E-state index contributed by atoms with van der Waals surface area (Å²) in [5, 5.41) is 0. The Morgan fingerprint density at radius 3 is 1.33 bits per heavy atom. The zero-order valence-electron chi connectivity index (χ0n) is 2.21. The van der Waals surface area contributed by atoms with E-state index in [1.807, 2.05) is 0 Å². The molecule has 0 aliphatic carbocycles. The molecular formula is H5LiO4S. The Balaban J connectivity index is -0.0000000450. The van der Waals surface area contributed by atoms with Crippen LogP contribution in [-0.4, -0.2) is 37.7 Å². The van der Waals surface area contributed by atoms with Crippen molar-refractivity contribution in [3.63, 3.8) is 0 Å². The molecule has 0 aromatic carbocycles. The normalized spacial score (nSPS) is 5.83. The third-order valence-corrected chi connectivity index (χ3v) is 0. The Kier molecular flexibility index (Phi) is 24.3. The molecule has 6 heavy (non-hydrogen) atoms. The third kappa shape index (κ3) is 155. The van der Waals surface area contributed by atoms with Crippen molar-refractivity contribution in [3.05, 3.63) is 0 Å². The molecule has 0 saturated carbocycles. The van der Waals surface area contributed by atoms with E-state index in [2.05, 4.69) is 0 Å². The predicted octanol–water partition coefficient (Wildman–Crippen LogP) is -1.79. The molecule has 0 aromatic rings. The molecule has 0 heterocycles. The summed E-state index contributed by atoms with van der Waals surface area (Å²) < 4.78 is 22.8. The van der Waals surface area contributed by atoms with Crippen molar-refractivity contribution in [2.45, 2.75) is 0 Å². The Labute approximate surface area is 49.5 Å². The van der Waals surface area contributed by atoms with Crippen LogP contribution < -0.4 is 0 Å². The maximum absolute atomic E-state index is 8.67. The van der Waals surface area contributed by atoms with Crippen LogP contribution in [0.2, 0.25) is 0 Å². The summed E-state index contributed by atoms with van der Waals surface area (Å²) in [7, 11) is 0. The first-order chi connectivity index (χ1) is 1.73. The molecule has 6 heteroatoms. The molecular weight excluding hydrogens is 103 g/mol. The molecule has 0 aromatic heterocycles. The van der Waals surface area contributed by atoms with Gasteiger partial charge in [-0.2, -0.15) is 4.21 Å². The van der Waals surface area contributed by atoms with E-state index in [1.165, 1.54) is 0 Å². The van der Waals surface area contributed by atoms with Crippen LogP contribution in [0, 0.1) is 0 Å². The van der Waals surface area contributed by atoms with Gasteiger partial charge < -0.3 is 5.48 Å². The van der Waals surface area contributed by atoms with Crippen molar-refractivity contribution in [2.24, 2.45) is 0 Å². The summed E-state index contributed by atoms with van der Waals surface area (Å²) in [6.45, 7) is 0. The number of hydrogen-bond donors (Lipinski definition) is 2. The quantitative estimate of drug-likeness (QED) is 0.283. The van der Waals surface area contributed by atoms with Crippen LogP contribution in [0.4, 0.5) is 0 Å². The van der Waals surface area contributed by atoms with Gasteiger partial charge in [0.1, 0.15) is 0 Å². The Hall–Kier alpha value is 0.627. The average molecular weight is 108 g/mol. The molecule has 36 valence electrons. The summed E-state index contributed by atoms with van der Waals surface area (Å²) in [5.41, 5.74) is 0. The fraction of sp³-hybridized carbons (Fsp3) is 0. The van der Waals surface area contributed by atoms with Gasteiger partial charge in [-0.05, 0) is 0 Å². The Morgan fingerprint density at radius 1 is 1.33 bits per heavy atom. The molecule has 0 unspecified atom stereocenters. The number of hydrogen-bond acceptors (Lipinski definition) is 1. The van der Waals surface area contributed by atoms with Crippen LogP contribution in [0.15, 0.2) is 0 Å². The van der Waals surface area contributed by atoms with Crippen LogP contribution in [0.5, 0.6) is 0 Å². The minimum absolute atomic E-state index is 0. The Morgan fingerprint density at radius 2 is 1.33 bits per heavy atom. The first-order valence-electron chi connectivity index (χ1n) is 0.532. The molecule has 0 fully saturated rings. The molecule has 4 N–H and O–H groups in total. The summed E-state index contributed by atoms with van der Waals surface area (Å²) in [5.74, 6) is 0. The van der Waals surface area contributed by atoms with Crippen molar-refractivity contribution in [3.8, 4) is 0 Å². The monoisotopic (exact) mass is 108 g/mol. The summed E-state index contributed by atoms with van der Waals surface area (Å²) in [6.07, 6.45) is 0. The van der Waals surface area contributed by atoms with Crippen molar-refractivity contribution in [2.75, 3.05) is 0 Å². The Bertz CT molecular complexity index is 30.5. The van der Waals surface area contributed by atoms with Gasteiger partial charge in [-0.1, -0.05) is 0 Å². The van der Waals surface area contributed by atoms with Gasteiger partial charge in [-0.3, -0.25) is 9.11 Å². The first-order valence-corrected chi connectivity index (χ1v) is 1.60. The van der Waals surface area contributed by atoms with Gasteiger partial charge >= 0.3 is 18.9 Å². The molecule has 0 saturated heterocycles. The van der Waals surface area contributed by atoms with E-state index >= 15 is 0 Å². The SMILES string of the molecule is O.O=S(O)O.[LiH]. The van der Waals surface area contributed by atoms with Crippen molar-refractivity contribution in [1.29, 1.82) is 0 Å². The minimum atomic E-state index is -2.61. The van der Waals surface area contributed by atoms with E-state index in [0.29, 0.717) is 0 Å². The van der Waals surface area contributed by atoms with E-state index in [4.69, 9.17) is 13.3 Å². The van der Waals surface area contributed by atoms with E-state index < -0.39 is 11.4 Å². The van der Waals surface area contributed by atoms with Crippen molar-refractivity contribution < 1.29 is 18.8 Å².